The predicted octanol–water partition coefficient (Wildman–Crippen LogP) is 6.10. The number of benzene rings is 2. The smallest absolute Gasteiger partial charge is 0.225 e. The number of hydrogen-bond donors (Lipinski definition) is 2. The van der Waals surface area contributed by atoms with Crippen LogP contribution >= 0.6 is 0 Å². The molecule has 3 aromatic rings. The molecule has 0 atom stereocenters. The molecule has 1 amide bonds. The van der Waals surface area contributed by atoms with Gasteiger partial charge in [0, 0.05) is 32.6 Å². The third-order valence-corrected chi connectivity index (χ3v) is 6.63. The fourth-order valence-electron chi connectivity index (χ4n) is 3.32. The molecule has 0 radical (unpaired) electrons. The van der Waals surface area contributed by atoms with Crippen molar-refractivity contribution in [3.8, 4) is 11.1 Å². The van der Waals surface area contributed by atoms with E-state index in [1.165, 1.54) is 12.1 Å². The molecule has 2 N–H and O–H groups in total. The van der Waals surface area contributed by atoms with Crippen molar-refractivity contribution in [1.29, 1.82) is 0 Å². The van der Waals surface area contributed by atoms with Gasteiger partial charge in [-0.25, -0.2) is 8.78 Å². The van der Waals surface area contributed by atoms with Crippen LogP contribution in [0.25, 0.3) is 22.0 Å². The highest BCUT2D eigenvalue weighted by Crippen LogP contribution is 2.32. The topological polar surface area (TPSA) is 67.0 Å². The van der Waals surface area contributed by atoms with E-state index >= 15 is 0 Å². The molecule has 166 valence electrons. The Morgan fingerprint density at radius 2 is 1.77 bits per heavy atom. The summed E-state index contributed by atoms with van der Waals surface area (Å²) in [5.41, 5.74) is 2.53. The second kappa shape index (κ2) is 9.70. The SMILES string of the molecule is CCCC(=O)Nc1n[nH]c2cc(-c3cc(F)cc(F)c3)cc(COCC[Si](C)(C)C)c12. The van der Waals surface area contributed by atoms with Crippen molar-refractivity contribution in [1.82, 2.24) is 10.2 Å². The van der Waals surface area contributed by atoms with Crippen LogP contribution in [0, 0.1) is 11.6 Å². The van der Waals surface area contributed by atoms with Gasteiger partial charge in [-0.3, -0.25) is 9.89 Å². The molecule has 1 aromatic heterocycles. The van der Waals surface area contributed by atoms with Crippen LogP contribution in [-0.2, 0) is 16.1 Å². The number of fused-ring (bicyclic) bond motifs is 1. The molecule has 31 heavy (non-hydrogen) atoms. The molecule has 0 saturated carbocycles. The molecule has 3 rings (SSSR count). The number of carbonyl (C=O) groups excluding carboxylic acids is 1. The molecule has 0 bridgehead atoms. The third kappa shape index (κ3) is 6.21. The van der Waals surface area contributed by atoms with Crippen molar-refractivity contribution in [3.63, 3.8) is 0 Å². The summed E-state index contributed by atoms with van der Waals surface area (Å²) in [4.78, 5) is 12.1. The molecule has 0 aliphatic heterocycles. The Kier molecular flexibility index (Phi) is 7.22. The number of nitrogens with one attached hydrogen (secondary N) is 2. The van der Waals surface area contributed by atoms with Crippen molar-refractivity contribution in [2.45, 2.75) is 52.1 Å². The summed E-state index contributed by atoms with van der Waals surface area (Å²) >= 11 is 0. The number of amides is 1. The fourth-order valence-corrected chi connectivity index (χ4v) is 4.07. The molecule has 5 nitrogen and oxygen atoms in total. The number of H-pyrrole nitrogens is 1. The van der Waals surface area contributed by atoms with Crippen molar-refractivity contribution < 1.29 is 18.3 Å². The number of carbonyl (C=O) groups is 1. The zero-order valence-corrected chi connectivity index (χ0v) is 19.4. The zero-order chi connectivity index (χ0) is 22.6. The van der Waals surface area contributed by atoms with Crippen LogP contribution < -0.4 is 5.32 Å². The van der Waals surface area contributed by atoms with E-state index in [1.54, 1.807) is 6.07 Å². The lowest BCUT2D eigenvalue weighted by molar-refractivity contribution is -0.116. The summed E-state index contributed by atoms with van der Waals surface area (Å²) in [6.07, 6.45) is 1.13. The van der Waals surface area contributed by atoms with Gasteiger partial charge in [0.25, 0.3) is 0 Å². The maximum absolute atomic E-state index is 13.8. The van der Waals surface area contributed by atoms with Gasteiger partial charge in [-0.15, -0.1) is 0 Å². The monoisotopic (exact) mass is 445 g/mol. The van der Waals surface area contributed by atoms with Crippen LogP contribution in [0.15, 0.2) is 30.3 Å². The number of ether oxygens (including phenoxy) is 1. The average Bonchev–Trinajstić information content (AvgIpc) is 3.06. The van der Waals surface area contributed by atoms with E-state index in [0.717, 1.165) is 29.5 Å². The van der Waals surface area contributed by atoms with Crippen molar-refractivity contribution in [2.24, 2.45) is 0 Å². The first-order valence-corrected chi connectivity index (χ1v) is 14.2. The van der Waals surface area contributed by atoms with Crippen LogP contribution in [0.5, 0.6) is 0 Å². The lowest BCUT2D eigenvalue weighted by atomic mass is 10.00. The number of aromatic amines is 1. The first kappa shape index (κ1) is 23.1. The summed E-state index contributed by atoms with van der Waals surface area (Å²) in [5, 5.41) is 10.8. The molecular weight excluding hydrogens is 416 g/mol. The Balaban J connectivity index is 1.99. The Bertz CT molecular complexity index is 1060. The highest BCUT2D eigenvalue weighted by Gasteiger charge is 2.17. The summed E-state index contributed by atoms with van der Waals surface area (Å²) in [5.74, 6) is -0.952. The van der Waals surface area contributed by atoms with Crippen LogP contribution in [0.2, 0.25) is 25.7 Å². The molecule has 2 aromatic carbocycles. The van der Waals surface area contributed by atoms with E-state index in [0.29, 0.717) is 42.1 Å². The van der Waals surface area contributed by atoms with Gasteiger partial charge in [0.1, 0.15) is 11.6 Å². The van der Waals surface area contributed by atoms with E-state index in [9.17, 15) is 13.6 Å². The number of rotatable bonds is 9. The largest absolute Gasteiger partial charge is 0.377 e. The number of halogens is 2. The molecule has 0 unspecified atom stereocenters. The predicted molar refractivity (Wildman–Crippen MR) is 123 cm³/mol. The Hall–Kier alpha value is -2.58. The molecule has 0 aliphatic carbocycles. The molecule has 0 spiro atoms. The van der Waals surface area contributed by atoms with E-state index in [-0.39, 0.29) is 5.91 Å². The first-order valence-electron chi connectivity index (χ1n) is 10.5. The first-order chi connectivity index (χ1) is 14.7. The second-order valence-corrected chi connectivity index (χ2v) is 14.6. The lowest BCUT2D eigenvalue weighted by Gasteiger charge is -2.16. The highest BCUT2D eigenvalue weighted by atomic mass is 28.3. The highest BCUT2D eigenvalue weighted by molar-refractivity contribution is 6.76. The normalized spacial score (nSPS) is 11.8. The fraction of sp³-hybridized carbons (Fsp3) is 0.391. The number of anilines is 1. The molecule has 0 aliphatic rings. The minimum Gasteiger partial charge on any atom is -0.377 e. The van der Waals surface area contributed by atoms with E-state index in [2.05, 4.69) is 35.2 Å². The molecule has 1 heterocycles. The molecular formula is C23H29F2N3O2Si. The zero-order valence-electron chi connectivity index (χ0n) is 18.4. The van der Waals surface area contributed by atoms with Gasteiger partial charge in [0.15, 0.2) is 5.82 Å². The quantitative estimate of drug-likeness (QED) is 0.309. The molecule has 0 saturated heterocycles. The van der Waals surface area contributed by atoms with Gasteiger partial charge in [-0.2, -0.15) is 5.10 Å². The second-order valence-electron chi connectivity index (χ2n) is 8.95. The Morgan fingerprint density at radius 3 is 2.42 bits per heavy atom. The van der Waals surface area contributed by atoms with Gasteiger partial charge in [-0.1, -0.05) is 26.6 Å². The summed E-state index contributed by atoms with van der Waals surface area (Å²) in [6.45, 7) is 9.72. The summed E-state index contributed by atoms with van der Waals surface area (Å²) in [7, 11) is -1.24. The van der Waals surface area contributed by atoms with Crippen LogP contribution in [0.1, 0.15) is 25.3 Å². The standard InChI is InChI=1S/C23H29F2N3O2Si/c1-5-6-21(29)26-23-22-17(14-30-7-8-31(2,3)4)9-15(12-20(22)27-28-23)16-10-18(24)13-19(25)11-16/h9-13H,5-8,14H2,1-4H3,(H2,26,27,28,29). The van der Waals surface area contributed by atoms with Crippen molar-refractivity contribution in [2.75, 3.05) is 11.9 Å². The van der Waals surface area contributed by atoms with Crippen molar-refractivity contribution >= 4 is 30.7 Å². The number of aromatic nitrogens is 2. The van der Waals surface area contributed by atoms with Gasteiger partial charge >= 0.3 is 0 Å². The summed E-state index contributed by atoms with van der Waals surface area (Å²) in [6, 6.07) is 8.07. The van der Waals surface area contributed by atoms with Gasteiger partial charge < -0.3 is 10.1 Å². The Labute approximate surface area is 182 Å². The maximum Gasteiger partial charge on any atom is 0.225 e. The minimum atomic E-state index is -1.24. The lowest BCUT2D eigenvalue weighted by Crippen LogP contribution is -2.21. The molecule has 8 heteroatoms. The van der Waals surface area contributed by atoms with Crippen LogP contribution in [-0.4, -0.2) is 30.8 Å². The Morgan fingerprint density at radius 1 is 1.10 bits per heavy atom. The summed E-state index contributed by atoms with van der Waals surface area (Å²) < 4.78 is 33.5. The van der Waals surface area contributed by atoms with E-state index < -0.39 is 19.7 Å². The third-order valence-electron chi connectivity index (χ3n) is 4.93. The van der Waals surface area contributed by atoms with Gasteiger partial charge in [0.2, 0.25) is 5.91 Å². The average molecular weight is 446 g/mol. The minimum absolute atomic E-state index is 0.113. The van der Waals surface area contributed by atoms with Crippen LogP contribution in [0.3, 0.4) is 0 Å². The maximum atomic E-state index is 13.8. The van der Waals surface area contributed by atoms with Crippen molar-refractivity contribution in [3.05, 3.63) is 47.5 Å². The molecule has 0 fully saturated rings. The van der Waals surface area contributed by atoms with E-state index in [1.807, 2.05) is 13.0 Å². The van der Waals surface area contributed by atoms with E-state index in [4.69, 9.17) is 4.74 Å². The van der Waals surface area contributed by atoms with Gasteiger partial charge in [-0.05, 0) is 53.4 Å². The number of hydrogen-bond acceptors (Lipinski definition) is 3. The number of nitrogens with zero attached hydrogens (tertiary/aromatic N) is 1. The van der Waals surface area contributed by atoms with Crippen LogP contribution in [0.4, 0.5) is 14.6 Å². The van der Waals surface area contributed by atoms with Gasteiger partial charge in [0.05, 0.1) is 12.1 Å².